The summed E-state index contributed by atoms with van der Waals surface area (Å²) in [4.78, 5) is 14.0. The molecular formula is C21H43NO5S. The van der Waals surface area contributed by atoms with Gasteiger partial charge in [0.25, 0.3) is 10.1 Å². The van der Waals surface area contributed by atoms with Gasteiger partial charge < -0.3 is 4.74 Å². The summed E-state index contributed by atoms with van der Waals surface area (Å²) in [6.45, 7) is 4.24. The minimum Gasteiger partial charge on any atom is -0.464 e. The molecule has 0 fully saturated rings. The van der Waals surface area contributed by atoms with Crippen LogP contribution in [0, 0.1) is 0 Å². The van der Waals surface area contributed by atoms with Crippen molar-refractivity contribution in [3.8, 4) is 0 Å². The van der Waals surface area contributed by atoms with Crippen molar-refractivity contribution in [1.29, 1.82) is 0 Å². The van der Waals surface area contributed by atoms with E-state index in [0.717, 1.165) is 19.3 Å². The van der Waals surface area contributed by atoms with Crippen LogP contribution in [0.1, 0.15) is 97.3 Å². The molecular weight excluding hydrogens is 378 g/mol. The topological polar surface area (TPSA) is 83.9 Å². The third-order valence-corrected chi connectivity index (χ3v) is 6.22. The van der Waals surface area contributed by atoms with Gasteiger partial charge in [-0.05, 0) is 33.9 Å². The molecule has 0 aliphatic heterocycles. The highest BCUT2D eigenvalue weighted by atomic mass is 32.2. The van der Waals surface area contributed by atoms with Crippen LogP contribution in [0.3, 0.4) is 0 Å². The normalized spacial score (nSPS) is 14.2. The van der Waals surface area contributed by atoms with E-state index in [2.05, 4.69) is 6.92 Å². The quantitative estimate of drug-likeness (QED) is 0.194. The Labute approximate surface area is 173 Å². The second-order valence-electron chi connectivity index (χ2n) is 8.23. The van der Waals surface area contributed by atoms with Crippen molar-refractivity contribution in [2.24, 2.45) is 0 Å². The molecule has 0 aromatic carbocycles. The maximum Gasteiger partial charge on any atom is 0.326 e. The number of likely N-dealkylation sites (N-methyl/N-ethyl adjacent to an activating group) is 1. The van der Waals surface area contributed by atoms with Gasteiger partial charge in [0.2, 0.25) is 0 Å². The second kappa shape index (κ2) is 15.2. The third-order valence-electron chi connectivity index (χ3n) is 5.50. The Morgan fingerprint density at radius 1 is 0.893 bits per heavy atom. The number of carbonyl (C=O) groups is 1. The van der Waals surface area contributed by atoms with E-state index in [0.29, 0.717) is 6.61 Å². The van der Waals surface area contributed by atoms with Gasteiger partial charge >= 0.3 is 5.97 Å². The average molecular weight is 422 g/mol. The Bertz CT molecular complexity index is 507. The van der Waals surface area contributed by atoms with Gasteiger partial charge in [0.05, 0.1) is 12.4 Å². The van der Waals surface area contributed by atoms with Gasteiger partial charge in [-0.1, -0.05) is 77.6 Å². The minimum absolute atomic E-state index is 0.00386. The summed E-state index contributed by atoms with van der Waals surface area (Å²) < 4.78 is 36.3. The third kappa shape index (κ3) is 13.5. The smallest absolute Gasteiger partial charge is 0.326 e. The summed E-state index contributed by atoms with van der Waals surface area (Å²) in [6, 6.07) is 0. The predicted octanol–water partition coefficient (Wildman–Crippen LogP) is 4.83. The van der Waals surface area contributed by atoms with Crippen LogP contribution in [0.4, 0.5) is 0 Å². The molecule has 1 N–H and O–H groups in total. The molecule has 0 aromatic rings. The van der Waals surface area contributed by atoms with Crippen molar-refractivity contribution in [2.75, 3.05) is 26.5 Å². The molecule has 7 heteroatoms. The molecule has 1 atom stereocenters. The van der Waals surface area contributed by atoms with Gasteiger partial charge in [0.15, 0.2) is 0 Å². The molecule has 0 saturated carbocycles. The minimum atomic E-state index is -4.11. The van der Waals surface area contributed by atoms with E-state index in [4.69, 9.17) is 9.29 Å². The molecule has 0 amide bonds. The van der Waals surface area contributed by atoms with Crippen molar-refractivity contribution >= 4 is 16.1 Å². The van der Waals surface area contributed by atoms with E-state index in [1.807, 2.05) is 0 Å². The lowest BCUT2D eigenvalue weighted by atomic mass is 9.97. The van der Waals surface area contributed by atoms with E-state index >= 15 is 0 Å². The van der Waals surface area contributed by atoms with E-state index in [1.54, 1.807) is 25.9 Å². The molecule has 0 aliphatic carbocycles. The van der Waals surface area contributed by atoms with Crippen LogP contribution in [0.5, 0.6) is 0 Å². The number of ether oxygens (including phenoxy) is 1. The number of carbonyl (C=O) groups excluding carboxylic acids is 1. The Kier molecular flexibility index (Phi) is 14.9. The molecule has 0 rings (SSSR count). The van der Waals surface area contributed by atoms with Gasteiger partial charge in [0, 0.05) is 0 Å². The van der Waals surface area contributed by atoms with Crippen LogP contribution in [0.25, 0.3) is 0 Å². The molecule has 6 nitrogen and oxygen atoms in total. The Balaban J connectivity index is 3.81. The Morgan fingerprint density at radius 2 is 1.32 bits per heavy atom. The van der Waals surface area contributed by atoms with E-state index < -0.39 is 27.4 Å². The van der Waals surface area contributed by atoms with E-state index in [1.165, 1.54) is 57.8 Å². The lowest BCUT2D eigenvalue weighted by Gasteiger charge is -2.33. The summed E-state index contributed by atoms with van der Waals surface area (Å²) in [6.07, 6.45) is 14.9. The Hall–Kier alpha value is -0.660. The number of esters is 1. The maximum absolute atomic E-state index is 12.4. The van der Waals surface area contributed by atoms with Gasteiger partial charge in [-0.15, -0.1) is 0 Å². The van der Waals surface area contributed by atoms with Crippen LogP contribution in [-0.4, -0.2) is 55.8 Å². The van der Waals surface area contributed by atoms with E-state index in [9.17, 15) is 13.2 Å². The molecule has 1 unspecified atom stereocenters. The van der Waals surface area contributed by atoms with Crippen molar-refractivity contribution in [3.63, 3.8) is 0 Å². The predicted molar refractivity (Wildman–Crippen MR) is 115 cm³/mol. The standard InChI is InChI=1S/C21H43NO5S/c1-5-6-7-8-9-10-11-12-13-14-15-16-18-27-20(23)21(2,22(3)4)17-19-28(24,25)26/h5-19H2,1-4H3,(H,24,25,26). The first-order chi connectivity index (χ1) is 13.1. The fourth-order valence-corrected chi connectivity index (χ4v) is 3.75. The maximum atomic E-state index is 12.4. The number of hydrogen-bond acceptors (Lipinski definition) is 5. The van der Waals surface area contributed by atoms with Gasteiger partial charge in [0.1, 0.15) is 5.54 Å². The number of hydrogen-bond donors (Lipinski definition) is 1. The molecule has 28 heavy (non-hydrogen) atoms. The number of rotatable bonds is 18. The highest BCUT2D eigenvalue weighted by Crippen LogP contribution is 2.20. The van der Waals surface area contributed by atoms with Crippen molar-refractivity contribution in [3.05, 3.63) is 0 Å². The fourth-order valence-electron chi connectivity index (χ4n) is 3.10. The molecule has 0 heterocycles. The van der Waals surface area contributed by atoms with Crippen molar-refractivity contribution < 1.29 is 22.5 Å². The summed E-state index contributed by atoms with van der Waals surface area (Å²) in [7, 11) is -0.700. The highest BCUT2D eigenvalue weighted by Gasteiger charge is 2.38. The molecule has 0 spiro atoms. The molecule has 0 aliphatic rings. The lowest BCUT2D eigenvalue weighted by Crippen LogP contribution is -2.50. The zero-order valence-electron chi connectivity index (χ0n) is 18.5. The van der Waals surface area contributed by atoms with Crippen LogP contribution >= 0.6 is 0 Å². The first-order valence-electron chi connectivity index (χ1n) is 10.9. The molecule has 0 bridgehead atoms. The summed E-state index contributed by atoms with van der Waals surface area (Å²) in [5.74, 6) is -0.903. The fraction of sp³-hybridized carbons (Fsp3) is 0.952. The second-order valence-corrected chi connectivity index (χ2v) is 9.80. The summed E-state index contributed by atoms with van der Waals surface area (Å²) in [5, 5.41) is 0. The highest BCUT2D eigenvalue weighted by molar-refractivity contribution is 7.85. The molecule has 0 saturated heterocycles. The first-order valence-corrected chi connectivity index (χ1v) is 12.5. The average Bonchev–Trinajstić information content (AvgIpc) is 2.62. The molecule has 0 radical (unpaired) electrons. The first kappa shape index (κ1) is 27.3. The summed E-state index contributed by atoms with van der Waals surface area (Å²) >= 11 is 0. The number of nitrogens with zero attached hydrogens (tertiary/aromatic N) is 1. The van der Waals surface area contributed by atoms with Gasteiger partial charge in [-0.25, -0.2) is 0 Å². The summed E-state index contributed by atoms with van der Waals surface area (Å²) in [5.41, 5.74) is -1.06. The van der Waals surface area contributed by atoms with Crippen LogP contribution in [-0.2, 0) is 19.6 Å². The zero-order chi connectivity index (χ0) is 21.5. The van der Waals surface area contributed by atoms with Crippen molar-refractivity contribution in [1.82, 2.24) is 4.90 Å². The Morgan fingerprint density at radius 3 is 1.71 bits per heavy atom. The largest absolute Gasteiger partial charge is 0.464 e. The lowest BCUT2D eigenvalue weighted by molar-refractivity contribution is -0.156. The van der Waals surface area contributed by atoms with Crippen LogP contribution < -0.4 is 0 Å². The van der Waals surface area contributed by atoms with Gasteiger partial charge in [-0.3, -0.25) is 14.2 Å². The molecule has 168 valence electrons. The van der Waals surface area contributed by atoms with Crippen LogP contribution in [0.15, 0.2) is 0 Å². The SMILES string of the molecule is CCCCCCCCCCCCCCOC(=O)C(C)(CCS(=O)(=O)O)N(C)C. The zero-order valence-corrected chi connectivity index (χ0v) is 19.4. The molecule has 0 aromatic heterocycles. The van der Waals surface area contributed by atoms with E-state index in [-0.39, 0.29) is 6.42 Å². The van der Waals surface area contributed by atoms with Crippen LogP contribution in [0.2, 0.25) is 0 Å². The van der Waals surface area contributed by atoms with Crippen molar-refractivity contribution in [2.45, 2.75) is 103 Å². The monoisotopic (exact) mass is 421 g/mol. The number of unbranched alkanes of at least 4 members (excludes halogenated alkanes) is 11. The van der Waals surface area contributed by atoms with Gasteiger partial charge in [-0.2, -0.15) is 8.42 Å².